The van der Waals surface area contributed by atoms with Crippen molar-refractivity contribution in [1.82, 2.24) is 0 Å². The number of benzene rings is 3. The molecule has 0 amide bonds. The third kappa shape index (κ3) is 2.52. The average molecular weight is 362 g/mol. The molecule has 4 rings (SSSR count). The number of halogens is 1. The topological polar surface area (TPSA) is 92.4 Å². The summed E-state index contributed by atoms with van der Waals surface area (Å²) >= 11 is 0. The molecule has 0 fully saturated rings. The van der Waals surface area contributed by atoms with E-state index in [0.29, 0.717) is 38.6 Å². The lowest BCUT2D eigenvalue weighted by molar-refractivity contribution is 0.415. The third-order valence-corrected chi connectivity index (χ3v) is 4.69. The minimum Gasteiger partial charge on any atom is -0.507 e. The number of nitrogen functional groups attached to an aromatic ring is 1. The van der Waals surface area contributed by atoms with Gasteiger partial charge >= 0.3 is 0 Å². The van der Waals surface area contributed by atoms with Crippen LogP contribution in [-0.4, -0.2) is 12.2 Å². The molecule has 0 saturated carbocycles. The summed E-state index contributed by atoms with van der Waals surface area (Å²) in [6.45, 7) is 0. The number of fused-ring (bicyclic) bond motifs is 3. The SMILES string of the molecule is COc1ccc2c(O)c(Cc3ccccc3F)c3c(C#N)c(N)oc3c2c1. The van der Waals surface area contributed by atoms with Crippen LogP contribution in [0.3, 0.4) is 0 Å². The van der Waals surface area contributed by atoms with Gasteiger partial charge in [-0.15, -0.1) is 0 Å². The summed E-state index contributed by atoms with van der Waals surface area (Å²) in [5.74, 6) is 0.0890. The number of ether oxygens (including phenoxy) is 1. The summed E-state index contributed by atoms with van der Waals surface area (Å²) in [5, 5.41) is 21.9. The van der Waals surface area contributed by atoms with Crippen molar-refractivity contribution < 1.29 is 18.7 Å². The van der Waals surface area contributed by atoms with Crippen LogP contribution in [0.2, 0.25) is 0 Å². The van der Waals surface area contributed by atoms with Crippen LogP contribution >= 0.6 is 0 Å². The van der Waals surface area contributed by atoms with E-state index >= 15 is 0 Å². The van der Waals surface area contributed by atoms with E-state index in [4.69, 9.17) is 14.9 Å². The predicted octanol–water partition coefficient (Wildman–Crippen LogP) is 4.48. The second-order valence-corrected chi connectivity index (χ2v) is 6.16. The summed E-state index contributed by atoms with van der Waals surface area (Å²) in [5.41, 5.74) is 7.16. The Balaban J connectivity index is 2.12. The predicted molar refractivity (Wildman–Crippen MR) is 100 cm³/mol. The highest BCUT2D eigenvalue weighted by atomic mass is 19.1. The molecule has 0 bridgehead atoms. The van der Waals surface area contributed by atoms with Gasteiger partial charge in [-0.3, -0.25) is 0 Å². The molecule has 0 spiro atoms. The van der Waals surface area contributed by atoms with Gasteiger partial charge in [0.05, 0.1) is 7.11 Å². The Labute approximate surface area is 154 Å². The lowest BCUT2D eigenvalue weighted by Crippen LogP contribution is -1.96. The number of anilines is 1. The highest BCUT2D eigenvalue weighted by Gasteiger charge is 2.23. The zero-order valence-electron chi connectivity index (χ0n) is 14.4. The average Bonchev–Trinajstić information content (AvgIpc) is 3.02. The normalized spacial score (nSPS) is 11.0. The Morgan fingerprint density at radius 1 is 1.22 bits per heavy atom. The molecule has 27 heavy (non-hydrogen) atoms. The standard InChI is InChI=1S/C21H15FN2O3/c1-26-12-6-7-13-14(9-12)20-18(16(10-23)21(24)27-20)15(19(13)25)8-11-4-2-3-5-17(11)22/h2-7,9,25H,8,24H2,1H3. The number of hydrogen-bond donors (Lipinski definition) is 2. The minimum atomic E-state index is -0.394. The molecule has 134 valence electrons. The molecule has 0 aliphatic heterocycles. The van der Waals surface area contributed by atoms with Crippen molar-refractivity contribution in [1.29, 1.82) is 5.26 Å². The Bertz CT molecular complexity index is 1240. The van der Waals surface area contributed by atoms with Crippen LogP contribution in [0.5, 0.6) is 11.5 Å². The number of phenols is 1. The van der Waals surface area contributed by atoms with Gasteiger partial charge in [-0.2, -0.15) is 5.26 Å². The molecule has 1 aromatic heterocycles. The summed E-state index contributed by atoms with van der Waals surface area (Å²) in [7, 11) is 1.53. The molecule has 4 aromatic rings. The highest BCUT2D eigenvalue weighted by molar-refractivity contribution is 6.12. The van der Waals surface area contributed by atoms with E-state index in [-0.39, 0.29) is 23.6 Å². The first kappa shape index (κ1) is 16.7. The Morgan fingerprint density at radius 3 is 2.70 bits per heavy atom. The number of nitrogens with two attached hydrogens (primary N) is 1. The smallest absolute Gasteiger partial charge is 0.209 e. The van der Waals surface area contributed by atoms with Gasteiger partial charge in [0.25, 0.3) is 0 Å². The van der Waals surface area contributed by atoms with E-state index in [1.54, 1.807) is 36.4 Å². The van der Waals surface area contributed by atoms with Crippen molar-refractivity contribution in [3.05, 3.63) is 65.0 Å². The van der Waals surface area contributed by atoms with Crippen LogP contribution < -0.4 is 10.5 Å². The molecule has 6 heteroatoms. The van der Waals surface area contributed by atoms with Crippen LogP contribution in [0.25, 0.3) is 21.7 Å². The number of phenolic OH excluding ortho intramolecular Hbond substituents is 1. The van der Waals surface area contributed by atoms with Crippen LogP contribution in [0.15, 0.2) is 46.9 Å². The van der Waals surface area contributed by atoms with E-state index in [2.05, 4.69) is 0 Å². The Morgan fingerprint density at radius 2 is 2.00 bits per heavy atom. The number of furan rings is 1. The van der Waals surface area contributed by atoms with Crippen LogP contribution in [0.4, 0.5) is 10.3 Å². The van der Waals surface area contributed by atoms with Gasteiger partial charge in [0.2, 0.25) is 5.88 Å². The molecule has 3 N–H and O–H groups in total. The highest BCUT2D eigenvalue weighted by Crippen LogP contribution is 2.44. The van der Waals surface area contributed by atoms with Crippen molar-refractivity contribution in [2.24, 2.45) is 0 Å². The van der Waals surface area contributed by atoms with E-state index in [9.17, 15) is 14.8 Å². The maximum Gasteiger partial charge on any atom is 0.209 e. The summed E-state index contributed by atoms with van der Waals surface area (Å²) in [6.07, 6.45) is 0.0879. The molecular formula is C21H15FN2O3. The summed E-state index contributed by atoms with van der Waals surface area (Å²) in [6, 6.07) is 13.4. The van der Waals surface area contributed by atoms with Crippen molar-refractivity contribution >= 4 is 27.6 Å². The number of nitriles is 1. The van der Waals surface area contributed by atoms with E-state index in [1.807, 2.05) is 6.07 Å². The van der Waals surface area contributed by atoms with Crippen LogP contribution in [0.1, 0.15) is 16.7 Å². The van der Waals surface area contributed by atoms with Crippen molar-refractivity contribution in [3.8, 4) is 17.6 Å². The number of hydrogen-bond acceptors (Lipinski definition) is 5. The molecular weight excluding hydrogens is 347 g/mol. The number of aromatic hydroxyl groups is 1. The first-order valence-corrected chi connectivity index (χ1v) is 8.22. The van der Waals surface area contributed by atoms with Crippen LogP contribution in [-0.2, 0) is 6.42 Å². The molecule has 0 radical (unpaired) electrons. The molecule has 0 aliphatic carbocycles. The molecule has 0 atom stereocenters. The zero-order valence-corrected chi connectivity index (χ0v) is 14.4. The quantitative estimate of drug-likeness (QED) is 0.560. The van der Waals surface area contributed by atoms with Crippen molar-refractivity contribution in [2.75, 3.05) is 12.8 Å². The molecule has 0 saturated heterocycles. The first-order valence-electron chi connectivity index (χ1n) is 8.22. The van der Waals surface area contributed by atoms with Gasteiger partial charge in [0, 0.05) is 28.1 Å². The van der Waals surface area contributed by atoms with E-state index in [0.717, 1.165) is 0 Å². The number of methoxy groups -OCH3 is 1. The molecule has 1 heterocycles. The zero-order chi connectivity index (χ0) is 19.1. The molecule has 5 nitrogen and oxygen atoms in total. The van der Waals surface area contributed by atoms with Gasteiger partial charge in [-0.25, -0.2) is 4.39 Å². The van der Waals surface area contributed by atoms with Crippen LogP contribution in [0, 0.1) is 17.1 Å². The monoisotopic (exact) mass is 362 g/mol. The van der Waals surface area contributed by atoms with Gasteiger partial charge in [-0.1, -0.05) is 18.2 Å². The van der Waals surface area contributed by atoms with E-state index in [1.165, 1.54) is 13.2 Å². The summed E-state index contributed by atoms with van der Waals surface area (Å²) < 4.78 is 25.1. The maximum atomic E-state index is 14.2. The van der Waals surface area contributed by atoms with Gasteiger partial charge < -0.3 is 20.0 Å². The maximum absolute atomic E-state index is 14.2. The lowest BCUT2D eigenvalue weighted by atomic mass is 9.94. The summed E-state index contributed by atoms with van der Waals surface area (Å²) in [4.78, 5) is 0. The lowest BCUT2D eigenvalue weighted by Gasteiger charge is -2.12. The first-order chi connectivity index (χ1) is 13.0. The largest absolute Gasteiger partial charge is 0.507 e. The van der Waals surface area contributed by atoms with Gasteiger partial charge in [-0.05, 0) is 29.8 Å². The van der Waals surface area contributed by atoms with Gasteiger partial charge in [0.1, 0.15) is 34.5 Å². The number of nitrogens with zero attached hydrogens (tertiary/aromatic N) is 1. The van der Waals surface area contributed by atoms with Gasteiger partial charge in [0.15, 0.2) is 0 Å². The second-order valence-electron chi connectivity index (χ2n) is 6.16. The molecule has 0 unspecified atom stereocenters. The third-order valence-electron chi connectivity index (χ3n) is 4.69. The fourth-order valence-corrected chi connectivity index (χ4v) is 3.37. The van der Waals surface area contributed by atoms with Crippen molar-refractivity contribution in [2.45, 2.75) is 6.42 Å². The Hall–Kier alpha value is -3.72. The molecule has 3 aromatic carbocycles. The second kappa shape index (κ2) is 6.22. The minimum absolute atomic E-state index is 0.0410. The molecule has 0 aliphatic rings. The van der Waals surface area contributed by atoms with E-state index < -0.39 is 5.82 Å². The Kier molecular flexibility index (Phi) is 3.85. The fourth-order valence-electron chi connectivity index (χ4n) is 3.37. The van der Waals surface area contributed by atoms with Crippen molar-refractivity contribution in [3.63, 3.8) is 0 Å². The number of rotatable bonds is 3. The fraction of sp³-hybridized carbons (Fsp3) is 0.0952.